The van der Waals surface area contributed by atoms with Gasteiger partial charge in [0.05, 0.1) is 17.3 Å². The number of aromatic carboxylic acids is 1. The maximum absolute atomic E-state index is 11.7. The van der Waals surface area contributed by atoms with Crippen molar-refractivity contribution in [3.63, 3.8) is 0 Å². The predicted molar refractivity (Wildman–Crippen MR) is 138 cm³/mol. The van der Waals surface area contributed by atoms with Gasteiger partial charge < -0.3 is 19.7 Å². The number of carboxylic acids is 1. The Kier molecular flexibility index (Phi) is 5.93. The van der Waals surface area contributed by atoms with Crippen molar-refractivity contribution in [1.29, 1.82) is 0 Å². The lowest BCUT2D eigenvalue weighted by molar-refractivity contribution is 0.0697. The first-order valence-electron chi connectivity index (χ1n) is 10.6. The largest absolute Gasteiger partial charge is 0.478 e. The van der Waals surface area contributed by atoms with E-state index in [4.69, 9.17) is 16.6 Å². The average Bonchev–Trinajstić information content (AvgIpc) is 3.46. The number of nitrogens with one attached hydrogen (secondary N) is 1. The lowest BCUT2D eigenvalue weighted by Crippen LogP contribution is -2.29. The number of pyridine rings is 1. The number of carboxylic acid groups (broad SMARTS) is 1. The number of halogens is 1. The second-order valence-corrected chi connectivity index (χ2v) is 9.22. The molecule has 1 aliphatic heterocycles. The molecule has 2 N–H and O–H groups in total. The molecule has 34 heavy (non-hydrogen) atoms. The van der Waals surface area contributed by atoms with Crippen LogP contribution in [0.15, 0.2) is 87.9 Å². The van der Waals surface area contributed by atoms with Crippen LogP contribution in [-0.2, 0) is 0 Å². The van der Waals surface area contributed by atoms with Crippen LogP contribution in [0.2, 0.25) is 0 Å². The van der Waals surface area contributed by atoms with E-state index in [0.717, 1.165) is 21.4 Å². The second kappa shape index (κ2) is 9.04. The van der Waals surface area contributed by atoms with Gasteiger partial charge in [-0.05, 0) is 73.2 Å². The number of nitrogens with zero attached hydrogens (tertiary/aromatic N) is 2. The summed E-state index contributed by atoms with van der Waals surface area (Å²) in [5.41, 5.74) is 3.54. The Morgan fingerprint density at radius 2 is 1.91 bits per heavy atom. The Bertz CT molecular complexity index is 1390. The molecule has 0 spiro atoms. The van der Waals surface area contributed by atoms with Crippen LogP contribution in [-0.4, -0.2) is 21.2 Å². The number of aromatic nitrogens is 1. The third-order valence-corrected chi connectivity index (χ3v) is 7.06. The van der Waals surface area contributed by atoms with Crippen LogP contribution in [0.1, 0.15) is 39.5 Å². The third kappa shape index (κ3) is 3.99. The number of thiocarbonyl (C=S) groups is 1. The highest BCUT2D eigenvalue weighted by Crippen LogP contribution is 2.43. The van der Waals surface area contributed by atoms with Gasteiger partial charge in [-0.2, -0.15) is 0 Å². The van der Waals surface area contributed by atoms with Gasteiger partial charge in [-0.25, -0.2) is 4.79 Å². The van der Waals surface area contributed by atoms with Gasteiger partial charge in [-0.3, -0.25) is 4.98 Å². The van der Waals surface area contributed by atoms with Crippen LogP contribution in [0.4, 0.5) is 5.69 Å². The fourth-order valence-electron chi connectivity index (χ4n) is 4.24. The first-order valence-corrected chi connectivity index (χ1v) is 11.8. The Hall–Kier alpha value is -3.49. The number of benzene rings is 2. The molecule has 1 fully saturated rings. The summed E-state index contributed by atoms with van der Waals surface area (Å²) in [6.45, 7) is 2.03. The van der Waals surface area contributed by atoms with Crippen molar-refractivity contribution in [2.45, 2.75) is 19.0 Å². The van der Waals surface area contributed by atoms with E-state index in [-0.39, 0.29) is 17.6 Å². The highest BCUT2D eigenvalue weighted by molar-refractivity contribution is 9.10. The summed E-state index contributed by atoms with van der Waals surface area (Å²) in [7, 11) is 0. The highest BCUT2D eigenvalue weighted by Gasteiger charge is 2.42. The van der Waals surface area contributed by atoms with E-state index in [1.807, 2.05) is 48.2 Å². The van der Waals surface area contributed by atoms with Crippen molar-refractivity contribution in [1.82, 2.24) is 10.3 Å². The quantitative estimate of drug-likeness (QED) is 0.292. The average molecular weight is 534 g/mol. The van der Waals surface area contributed by atoms with Crippen molar-refractivity contribution < 1.29 is 14.3 Å². The van der Waals surface area contributed by atoms with Crippen LogP contribution < -0.4 is 10.2 Å². The summed E-state index contributed by atoms with van der Waals surface area (Å²) in [5.74, 6) is 0.131. The molecule has 1 saturated heterocycles. The zero-order valence-corrected chi connectivity index (χ0v) is 20.5. The van der Waals surface area contributed by atoms with Gasteiger partial charge in [0.2, 0.25) is 0 Å². The van der Waals surface area contributed by atoms with E-state index in [2.05, 4.69) is 32.3 Å². The summed E-state index contributed by atoms with van der Waals surface area (Å²) in [4.78, 5) is 18.3. The fraction of sp³-hybridized carbons (Fsp3) is 0.115. The van der Waals surface area contributed by atoms with Crippen LogP contribution in [0.25, 0.3) is 11.3 Å². The molecule has 1 aliphatic rings. The molecule has 3 heterocycles. The maximum atomic E-state index is 11.7. The van der Waals surface area contributed by atoms with E-state index in [9.17, 15) is 9.90 Å². The fourth-order valence-corrected chi connectivity index (χ4v) is 4.83. The monoisotopic (exact) mass is 533 g/mol. The lowest BCUT2D eigenvalue weighted by Gasteiger charge is -2.26. The van der Waals surface area contributed by atoms with Crippen LogP contribution >= 0.6 is 28.1 Å². The summed E-state index contributed by atoms with van der Waals surface area (Å²) in [6, 6.07) is 21.7. The molecule has 0 bridgehead atoms. The van der Waals surface area contributed by atoms with Gasteiger partial charge in [-0.1, -0.05) is 40.2 Å². The van der Waals surface area contributed by atoms with Crippen molar-refractivity contribution in [3.05, 3.63) is 106 Å². The molecule has 2 aromatic carbocycles. The standard InChI is InChI=1S/C26H20BrN3O3S/c1-15-14-16(9-10-19(15)27)30-24(23(29-26(30)34)20-8-4-5-13-28-20)22-12-11-21(33-22)17-6-2-3-7-18(17)25(31)32/h2-14,23-24H,1H3,(H,29,34)(H,31,32)/t23-,24-/m0/s1. The SMILES string of the molecule is Cc1cc(N2C(=S)N[C@@H](c3ccccn3)[C@@H]2c2ccc(-c3ccccc3C(=O)O)o2)ccc1Br. The van der Waals surface area contributed by atoms with Crippen LogP contribution in [0.3, 0.4) is 0 Å². The smallest absolute Gasteiger partial charge is 0.336 e. The summed E-state index contributed by atoms with van der Waals surface area (Å²) < 4.78 is 7.32. The second-order valence-electron chi connectivity index (χ2n) is 7.98. The Morgan fingerprint density at radius 3 is 2.65 bits per heavy atom. The van der Waals surface area contributed by atoms with Gasteiger partial charge in [0, 0.05) is 21.9 Å². The van der Waals surface area contributed by atoms with Gasteiger partial charge in [0.1, 0.15) is 17.6 Å². The van der Waals surface area contributed by atoms with Crippen LogP contribution in [0, 0.1) is 6.92 Å². The molecule has 4 aromatic rings. The Morgan fingerprint density at radius 1 is 1.12 bits per heavy atom. The molecule has 0 unspecified atom stereocenters. The first-order chi connectivity index (χ1) is 16.4. The molecule has 2 aromatic heterocycles. The van der Waals surface area contributed by atoms with E-state index >= 15 is 0 Å². The molecule has 2 atom stereocenters. The minimum atomic E-state index is -1.00. The van der Waals surface area contributed by atoms with Crippen molar-refractivity contribution in [2.75, 3.05) is 4.90 Å². The van der Waals surface area contributed by atoms with Gasteiger partial charge in [-0.15, -0.1) is 0 Å². The minimum absolute atomic E-state index is 0.185. The maximum Gasteiger partial charge on any atom is 0.336 e. The number of rotatable bonds is 5. The highest BCUT2D eigenvalue weighted by atomic mass is 79.9. The van der Waals surface area contributed by atoms with Crippen LogP contribution in [0.5, 0.6) is 0 Å². The van der Waals surface area contributed by atoms with Crippen molar-refractivity contribution in [3.8, 4) is 11.3 Å². The molecule has 0 amide bonds. The first kappa shape index (κ1) is 22.3. The number of aryl methyl sites for hydroxylation is 1. The zero-order chi connectivity index (χ0) is 23.8. The molecule has 0 aliphatic carbocycles. The molecular weight excluding hydrogens is 514 g/mol. The van der Waals surface area contributed by atoms with Gasteiger partial charge in [0.25, 0.3) is 0 Å². The minimum Gasteiger partial charge on any atom is -0.478 e. The summed E-state index contributed by atoms with van der Waals surface area (Å²) in [6.07, 6.45) is 1.75. The number of hydrogen-bond donors (Lipinski definition) is 2. The lowest BCUT2D eigenvalue weighted by atomic mass is 10.0. The number of hydrogen-bond acceptors (Lipinski definition) is 4. The van der Waals surface area contributed by atoms with E-state index in [0.29, 0.717) is 22.2 Å². The number of furan rings is 1. The number of anilines is 1. The normalized spacial score (nSPS) is 17.6. The summed E-state index contributed by atoms with van der Waals surface area (Å²) >= 11 is 9.33. The topological polar surface area (TPSA) is 78.6 Å². The number of carbonyl (C=O) groups is 1. The molecule has 5 rings (SSSR count). The molecule has 170 valence electrons. The van der Waals surface area contributed by atoms with Crippen molar-refractivity contribution in [2.24, 2.45) is 0 Å². The molecule has 8 heteroatoms. The Balaban J connectivity index is 1.63. The summed E-state index contributed by atoms with van der Waals surface area (Å²) in [5, 5.41) is 13.6. The molecule has 6 nitrogen and oxygen atoms in total. The Labute approximate surface area is 210 Å². The third-order valence-electron chi connectivity index (χ3n) is 5.86. The molecule has 0 radical (unpaired) electrons. The van der Waals surface area contributed by atoms with Crippen molar-refractivity contribution >= 4 is 44.9 Å². The zero-order valence-electron chi connectivity index (χ0n) is 18.1. The van der Waals surface area contributed by atoms with E-state index < -0.39 is 5.97 Å². The van der Waals surface area contributed by atoms with E-state index in [1.165, 1.54) is 0 Å². The molecular formula is C26H20BrN3O3S. The van der Waals surface area contributed by atoms with Gasteiger partial charge in [0.15, 0.2) is 5.11 Å². The predicted octanol–water partition coefficient (Wildman–Crippen LogP) is 6.29. The van der Waals surface area contributed by atoms with E-state index in [1.54, 1.807) is 36.5 Å². The van der Waals surface area contributed by atoms with Gasteiger partial charge >= 0.3 is 5.97 Å². The molecule has 0 saturated carbocycles.